The van der Waals surface area contributed by atoms with Crippen LogP contribution in [0.1, 0.15) is 16.2 Å². The molecule has 0 saturated carbocycles. The number of carbonyl (C=O) groups is 1. The van der Waals surface area contributed by atoms with Crippen LogP contribution in [0.5, 0.6) is 0 Å². The number of hydrogen-bond donors (Lipinski definition) is 2. The van der Waals surface area contributed by atoms with Gasteiger partial charge in [0.05, 0.1) is 23.9 Å². The lowest BCUT2D eigenvalue weighted by atomic mass is 10.0. The lowest BCUT2D eigenvalue weighted by molar-refractivity contribution is 0.0949. The van der Waals surface area contributed by atoms with Crippen molar-refractivity contribution in [3.63, 3.8) is 0 Å². The predicted octanol–water partition coefficient (Wildman–Crippen LogP) is 3.81. The van der Waals surface area contributed by atoms with Gasteiger partial charge in [-0.3, -0.25) is 9.78 Å². The van der Waals surface area contributed by atoms with E-state index in [-0.39, 0.29) is 19.1 Å². The number of amides is 1. The van der Waals surface area contributed by atoms with Crippen molar-refractivity contribution in [3.05, 3.63) is 83.3 Å². The molecule has 2 aromatic heterocycles. The Morgan fingerprint density at radius 1 is 1.17 bits per heavy atom. The number of rotatable bonds is 6. The summed E-state index contributed by atoms with van der Waals surface area (Å²) in [5.41, 5.74) is 1.15. The lowest BCUT2D eigenvalue weighted by Crippen LogP contribution is -2.25. The molecule has 0 unspecified atom stereocenters. The molecule has 0 spiro atoms. The summed E-state index contributed by atoms with van der Waals surface area (Å²) in [5, 5.41) is 13.6. The van der Waals surface area contributed by atoms with Gasteiger partial charge in [-0.1, -0.05) is 29.8 Å². The number of aliphatic hydroxyl groups excluding tert-OH is 1. The molecule has 0 aliphatic carbocycles. The van der Waals surface area contributed by atoms with Gasteiger partial charge in [0.25, 0.3) is 5.91 Å². The molecule has 2 heterocycles. The zero-order valence-electron chi connectivity index (χ0n) is 15.8. The molecule has 0 radical (unpaired) electrons. The van der Waals surface area contributed by atoms with Gasteiger partial charge in [0.2, 0.25) is 0 Å². The van der Waals surface area contributed by atoms with E-state index in [4.69, 9.17) is 16.7 Å². The van der Waals surface area contributed by atoms with Crippen molar-refractivity contribution in [2.75, 3.05) is 6.61 Å². The third kappa shape index (κ3) is 3.90. The number of carbonyl (C=O) groups excluding carboxylic acids is 1. The van der Waals surface area contributed by atoms with Gasteiger partial charge in [0, 0.05) is 47.0 Å². The first-order valence-electron chi connectivity index (χ1n) is 9.30. The summed E-state index contributed by atoms with van der Waals surface area (Å²) in [6.45, 7) is 0.587. The largest absolute Gasteiger partial charge is 0.395 e. The fourth-order valence-corrected chi connectivity index (χ4v) is 3.51. The molecule has 1 amide bonds. The van der Waals surface area contributed by atoms with Crippen LogP contribution in [0.4, 0.5) is 4.39 Å². The molecule has 0 bridgehead atoms. The zero-order chi connectivity index (χ0) is 21.1. The van der Waals surface area contributed by atoms with E-state index in [1.165, 1.54) is 12.3 Å². The van der Waals surface area contributed by atoms with Gasteiger partial charge in [-0.15, -0.1) is 0 Å². The minimum absolute atomic E-state index is 0.0193. The molecule has 8 heteroatoms. The Hall–Kier alpha value is -3.29. The number of nitrogens with zero attached hydrogens (tertiary/aromatic N) is 3. The van der Waals surface area contributed by atoms with E-state index >= 15 is 0 Å². The number of aromatic nitrogens is 3. The van der Waals surface area contributed by atoms with E-state index in [2.05, 4.69) is 15.3 Å². The van der Waals surface area contributed by atoms with Crippen LogP contribution in [0.3, 0.4) is 0 Å². The maximum atomic E-state index is 14.4. The third-order valence-electron chi connectivity index (χ3n) is 4.78. The summed E-state index contributed by atoms with van der Waals surface area (Å²) in [6, 6.07) is 11.4. The molecule has 0 fully saturated rings. The van der Waals surface area contributed by atoms with E-state index in [9.17, 15) is 9.18 Å². The summed E-state index contributed by atoms with van der Waals surface area (Å²) >= 11 is 6.28. The Morgan fingerprint density at radius 2 is 2.00 bits per heavy atom. The fraction of sp³-hybridized carbons (Fsp3) is 0.136. The van der Waals surface area contributed by atoms with Crippen molar-refractivity contribution in [2.24, 2.45) is 0 Å². The van der Waals surface area contributed by atoms with Gasteiger partial charge >= 0.3 is 0 Å². The van der Waals surface area contributed by atoms with Gasteiger partial charge in [0.1, 0.15) is 11.6 Å². The van der Waals surface area contributed by atoms with Crippen molar-refractivity contribution in [1.82, 2.24) is 19.9 Å². The number of halogens is 2. The van der Waals surface area contributed by atoms with Crippen LogP contribution in [0.2, 0.25) is 5.02 Å². The molecule has 0 aliphatic rings. The SMILES string of the molecule is O=C(NCc1nccn1CCO)c1ccc2c(Cl)cnc(-c3ccccc3F)c2c1. The van der Waals surface area contributed by atoms with Crippen molar-refractivity contribution < 1.29 is 14.3 Å². The van der Waals surface area contributed by atoms with Crippen LogP contribution in [-0.4, -0.2) is 32.2 Å². The van der Waals surface area contributed by atoms with Gasteiger partial charge in [0.15, 0.2) is 0 Å². The number of benzene rings is 2. The van der Waals surface area contributed by atoms with Crippen LogP contribution in [-0.2, 0) is 13.1 Å². The lowest BCUT2D eigenvalue weighted by Gasteiger charge is -2.11. The Morgan fingerprint density at radius 3 is 2.80 bits per heavy atom. The van der Waals surface area contributed by atoms with Gasteiger partial charge in [-0.25, -0.2) is 9.37 Å². The second kappa shape index (κ2) is 8.61. The molecule has 6 nitrogen and oxygen atoms in total. The summed E-state index contributed by atoms with van der Waals surface area (Å²) < 4.78 is 16.1. The first kappa shape index (κ1) is 20.0. The number of pyridine rings is 1. The minimum atomic E-state index is -0.404. The van der Waals surface area contributed by atoms with E-state index in [0.29, 0.717) is 45.0 Å². The van der Waals surface area contributed by atoms with Gasteiger partial charge < -0.3 is 15.0 Å². The number of imidazole rings is 1. The van der Waals surface area contributed by atoms with Crippen molar-refractivity contribution >= 4 is 28.3 Å². The van der Waals surface area contributed by atoms with E-state index in [0.717, 1.165) is 0 Å². The van der Waals surface area contributed by atoms with Gasteiger partial charge in [-0.05, 0) is 24.3 Å². The number of hydrogen-bond acceptors (Lipinski definition) is 4. The Bertz CT molecular complexity index is 1220. The van der Waals surface area contributed by atoms with Crippen LogP contribution in [0, 0.1) is 5.82 Å². The summed E-state index contributed by atoms with van der Waals surface area (Å²) in [6.07, 6.45) is 4.83. The van der Waals surface area contributed by atoms with Gasteiger partial charge in [-0.2, -0.15) is 0 Å². The second-order valence-electron chi connectivity index (χ2n) is 6.64. The third-order valence-corrected chi connectivity index (χ3v) is 5.08. The zero-order valence-corrected chi connectivity index (χ0v) is 16.6. The Kier molecular flexibility index (Phi) is 5.74. The monoisotopic (exact) mass is 424 g/mol. The molecular formula is C22H18ClFN4O2. The maximum absolute atomic E-state index is 14.4. The molecular weight excluding hydrogens is 407 g/mol. The van der Waals surface area contributed by atoms with Crippen LogP contribution in [0.15, 0.2) is 61.1 Å². The summed E-state index contributed by atoms with van der Waals surface area (Å²) in [5.74, 6) is -0.0796. The van der Waals surface area contributed by atoms with Crippen LogP contribution >= 0.6 is 11.6 Å². The highest BCUT2D eigenvalue weighted by molar-refractivity contribution is 6.35. The standard InChI is InChI=1S/C22H18ClFN4O2/c23-18-12-26-21(16-3-1-2-4-19(16)24)17-11-14(5-6-15(17)18)22(30)27-13-20-25-7-8-28(20)9-10-29/h1-8,11-12,29H,9-10,13H2,(H,27,30). The molecule has 30 heavy (non-hydrogen) atoms. The molecule has 2 N–H and O–H groups in total. The molecule has 0 aliphatic heterocycles. The molecule has 4 rings (SSSR count). The second-order valence-corrected chi connectivity index (χ2v) is 7.05. The first-order chi connectivity index (χ1) is 14.6. The topological polar surface area (TPSA) is 80.0 Å². The Labute approximate surface area is 177 Å². The molecule has 0 saturated heterocycles. The molecule has 4 aromatic rings. The number of aliphatic hydroxyl groups is 1. The first-order valence-corrected chi connectivity index (χ1v) is 9.68. The molecule has 152 valence electrons. The highest BCUT2D eigenvalue weighted by Crippen LogP contribution is 2.33. The van der Waals surface area contributed by atoms with Crippen molar-refractivity contribution in [3.8, 4) is 11.3 Å². The number of nitrogens with one attached hydrogen (secondary N) is 1. The highest BCUT2D eigenvalue weighted by Gasteiger charge is 2.15. The normalized spacial score (nSPS) is 11.0. The van der Waals surface area contributed by atoms with Crippen LogP contribution < -0.4 is 5.32 Å². The smallest absolute Gasteiger partial charge is 0.251 e. The predicted molar refractivity (Wildman–Crippen MR) is 113 cm³/mol. The van der Waals surface area contributed by atoms with E-state index in [1.807, 2.05) is 0 Å². The van der Waals surface area contributed by atoms with E-state index in [1.54, 1.807) is 53.4 Å². The highest BCUT2D eigenvalue weighted by atomic mass is 35.5. The maximum Gasteiger partial charge on any atom is 0.251 e. The quantitative estimate of drug-likeness (QED) is 0.493. The van der Waals surface area contributed by atoms with Crippen molar-refractivity contribution in [2.45, 2.75) is 13.1 Å². The minimum Gasteiger partial charge on any atom is -0.395 e. The van der Waals surface area contributed by atoms with Crippen LogP contribution in [0.25, 0.3) is 22.0 Å². The molecule has 2 aromatic carbocycles. The Balaban J connectivity index is 1.67. The summed E-state index contributed by atoms with van der Waals surface area (Å²) in [7, 11) is 0. The molecule has 0 atom stereocenters. The average Bonchev–Trinajstić information content (AvgIpc) is 3.20. The van der Waals surface area contributed by atoms with Crippen molar-refractivity contribution in [1.29, 1.82) is 0 Å². The number of fused-ring (bicyclic) bond motifs is 1. The summed E-state index contributed by atoms with van der Waals surface area (Å²) in [4.78, 5) is 21.2. The fourth-order valence-electron chi connectivity index (χ4n) is 3.30. The average molecular weight is 425 g/mol. The van der Waals surface area contributed by atoms with E-state index < -0.39 is 5.82 Å².